The third kappa shape index (κ3) is 5.60. The van der Waals surface area contributed by atoms with Crippen LogP contribution in [0.5, 0.6) is 5.75 Å². The van der Waals surface area contributed by atoms with E-state index in [1.807, 2.05) is 83.4 Å². The predicted molar refractivity (Wildman–Crippen MR) is 158 cm³/mol. The first-order chi connectivity index (χ1) is 20.3. The van der Waals surface area contributed by atoms with Crippen LogP contribution < -0.4 is 4.74 Å². The van der Waals surface area contributed by atoms with Crippen LogP contribution in [0.2, 0.25) is 0 Å². The summed E-state index contributed by atoms with van der Waals surface area (Å²) in [5, 5.41) is 13.4. The highest BCUT2D eigenvalue weighted by Gasteiger charge is 2.14. The van der Waals surface area contributed by atoms with E-state index in [0.29, 0.717) is 18.2 Å². The van der Waals surface area contributed by atoms with E-state index in [0.717, 1.165) is 58.3 Å². The molecule has 3 aromatic carbocycles. The first kappa shape index (κ1) is 25.2. The molecule has 0 saturated carbocycles. The molecular weight excluding hydrogens is 512 g/mol. The van der Waals surface area contributed by atoms with Crippen molar-refractivity contribution in [2.75, 3.05) is 26.2 Å². The maximum atomic E-state index is 5.99. The van der Waals surface area contributed by atoms with Crippen molar-refractivity contribution in [3.8, 4) is 39.9 Å². The highest BCUT2D eigenvalue weighted by molar-refractivity contribution is 5.69. The second-order valence-corrected chi connectivity index (χ2v) is 10.3. The molecule has 0 atom stereocenters. The first-order valence-electron chi connectivity index (χ1n) is 14.1. The van der Waals surface area contributed by atoms with Crippen LogP contribution in [0, 0.1) is 0 Å². The highest BCUT2D eigenvalue weighted by atomic mass is 16.5. The number of rotatable bonds is 9. The van der Waals surface area contributed by atoms with Crippen molar-refractivity contribution in [2.24, 2.45) is 0 Å². The number of pyridine rings is 1. The van der Waals surface area contributed by atoms with E-state index in [2.05, 4.69) is 33.3 Å². The Kier molecular flexibility index (Phi) is 6.97. The molecule has 3 aromatic heterocycles. The minimum absolute atomic E-state index is 0.473. The van der Waals surface area contributed by atoms with Crippen LogP contribution in [0.15, 0.2) is 101 Å². The molecule has 1 aliphatic rings. The first-order valence-corrected chi connectivity index (χ1v) is 14.1. The molecule has 8 heteroatoms. The Labute approximate surface area is 238 Å². The van der Waals surface area contributed by atoms with Crippen molar-refractivity contribution in [3.63, 3.8) is 0 Å². The lowest BCUT2D eigenvalue weighted by Gasteiger charge is -2.14. The van der Waals surface area contributed by atoms with Crippen LogP contribution >= 0.6 is 0 Å². The smallest absolute Gasteiger partial charge is 0.248 e. The Hall–Kier alpha value is -4.82. The van der Waals surface area contributed by atoms with Crippen LogP contribution in [0.3, 0.4) is 0 Å². The second kappa shape index (κ2) is 11.3. The van der Waals surface area contributed by atoms with Gasteiger partial charge in [-0.25, -0.2) is 9.50 Å². The van der Waals surface area contributed by atoms with Gasteiger partial charge >= 0.3 is 0 Å². The Balaban J connectivity index is 1.07. The van der Waals surface area contributed by atoms with E-state index in [4.69, 9.17) is 19.2 Å². The summed E-state index contributed by atoms with van der Waals surface area (Å²) < 4.78 is 13.8. The summed E-state index contributed by atoms with van der Waals surface area (Å²) in [5.74, 6) is 2.63. The number of fused-ring (bicyclic) bond motifs is 1. The van der Waals surface area contributed by atoms with Crippen LogP contribution in [0.25, 0.3) is 39.8 Å². The molecule has 0 amide bonds. The fourth-order valence-electron chi connectivity index (χ4n) is 5.28. The molecule has 204 valence electrons. The van der Waals surface area contributed by atoms with Crippen molar-refractivity contribution in [1.29, 1.82) is 0 Å². The van der Waals surface area contributed by atoms with Gasteiger partial charge < -0.3 is 9.15 Å². The molecule has 0 aliphatic carbocycles. The van der Waals surface area contributed by atoms with Gasteiger partial charge in [-0.2, -0.15) is 5.10 Å². The highest BCUT2D eigenvalue weighted by Crippen LogP contribution is 2.28. The van der Waals surface area contributed by atoms with Crippen LogP contribution in [0.1, 0.15) is 24.2 Å². The molecule has 1 saturated heterocycles. The molecule has 7 rings (SSSR count). The summed E-state index contributed by atoms with van der Waals surface area (Å²) >= 11 is 0. The Morgan fingerprint density at radius 2 is 1.46 bits per heavy atom. The Bertz CT molecular complexity index is 1750. The molecule has 1 fully saturated rings. The fraction of sp³-hybridized carbons (Fsp3) is 0.212. The summed E-state index contributed by atoms with van der Waals surface area (Å²) in [7, 11) is 0. The van der Waals surface area contributed by atoms with Crippen molar-refractivity contribution >= 4 is 5.65 Å². The van der Waals surface area contributed by atoms with Gasteiger partial charge in [0, 0.05) is 29.7 Å². The lowest BCUT2D eigenvalue weighted by atomic mass is 10.1. The average Bonchev–Trinajstić information content (AvgIpc) is 3.80. The fourth-order valence-corrected chi connectivity index (χ4v) is 5.28. The molecule has 0 bridgehead atoms. The minimum atomic E-state index is 0.473. The maximum Gasteiger partial charge on any atom is 0.248 e. The number of hydrogen-bond acceptors (Lipinski definition) is 7. The van der Waals surface area contributed by atoms with E-state index in [1.165, 1.54) is 25.9 Å². The van der Waals surface area contributed by atoms with E-state index >= 15 is 0 Å². The predicted octanol–water partition coefficient (Wildman–Crippen LogP) is 6.18. The number of nitrogens with zero attached hydrogens (tertiary/aromatic N) is 6. The molecule has 0 unspecified atom stereocenters. The molecular formula is C33H30N6O2. The van der Waals surface area contributed by atoms with Crippen molar-refractivity contribution in [3.05, 3.63) is 108 Å². The van der Waals surface area contributed by atoms with Crippen molar-refractivity contribution in [2.45, 2.75) is 19.3 Å². The third-order valence-electron chi connectivity index (χ3n) is 7.42. The molecule has 41 heavy (non-hydrogen) atoms. The Morgan fingerprint density at radius 1 is 0.732 bits per heavy atom. The largest absolute Gasteiger partial charge is 0.492 e. The third-order valence-corrected chi connectivity index (χ3v) is 7.42. The molecule has 0 N–H and O–H groups in total. The number of ether oxygens (including phenoxy) is 1. The summed E-state index contributed by atoms with van der Waals surface area (Å²) in [5.41, 5.74) is 5.60. The lowest BCUT2D eigenvalue weighted by Crippen LogP contribution is -2.25. The number of aromatic nitrogens is 5. The van der Waals surface area contributed by atoms with Gasteiger partial charge in [0.1, 0.15) is 12.4 Å². The number of benzene rings is 3. The second-order valence-electron chi connectivity index (χ2n) is 10.3. The van der Waals surface area contributed by atoms with Crippen molar-refractivity contribution < 1.29 is 9.15 Å². The van der Waals surface area contributed by atoms with Gasteiger partial charge in [-0.3, -0.25) is 4.90 Å². The molecule has 8 nitrogen and oxygen atoms in total. The Morgan fingerprint density at radius 3 is 2.29 bits per heavy atom. The number of hydrogen-bond donors (Lipinski definition) is 0. The summed E-state index contributed by atoms with van der Waals surface area (Å²) in [6.45, 7) is 4.09. The lowest BCUT2D eigenvalue weighted by molar-refractivity contribution is 0.238. The molecule has 0 spiro atoms. The van der Waals surface area contributed by atoms with Gasteiger partial charge in [-0.05, 0) is 80.0 Å². The van der Waals surface area contributed by atoms with Gasteiger partial charge in [0.05, 0.1) is 5.69 Å². The van der Waals surface area contributed by atoms with E-state index in [1.54, 1.807) is 0 Å². The van der Waals surface area contributed by atoms with Crippen LogP contribution in [-0.2, 0) is 6.42 Å². The monoisotopic (exact) mass is 542 g/mol. The molecule has 6 aromatic rings. The van der Waals surface area contributed by atoms with E-state index in [-0.39, 0.29) is 0 Å². The SMILES string of the molecule is c1ccc(-c2nnc(-c3cccc(-c4cccc5nc(Cc6ccc(OCCN7CCCC7)cc6)nn45)c3)o2)cc1. The summed E-state index contributed by atoms with van der Waals surface area (Å²) in [6, 6.07) is 32.1. The van der Waals surface area contributed by atoms with E-state index < -0.39 is 0 Å². The number of likely N-dealkylation sites (tertiary alicyclic amines) is 1. The molecule has 1 aliphatic heterocycles. The zero-order valence-electron chi connectivity index (χ0n) is 22.7. The minimum Gasteiger partial charge on any atom is -0.492 e. The topological polar surface area (TPSA) is 81.6 Å². The van der Waals surface area contributed by atoms with Gasteiger partial charge in [0.2, 0.25) is 11.8 Å². The summed E-state index contributed by atoms with van der Waals surface area (Å²) in [4.78, 5) is 7.26. The van der Waals surface area contributed by atoms with Gasteiger partial charge in [-0.15, -0.1) is 10.2 Å². The normalized spacial score (nSPS) is 13.7. The quantitative estimate of drug-likeness (QED) is 0.216. The van der Waals surface area contributed by atoms with Crippen LogP contribution in [0.4, 0.5) is 0 Å². The van der Waals surface area contributed by atoms with Gasteiger partial charge in [-0.1, -0.05) is 48.5 Å². The van der Waals surface area contributed by atoms with Crippen molar-refractivity contribution in [1.82, 2.24) is 29.7 Å². The molecule has 0 radical (unpaired) electrons. The van der Waals surface area contributed by atoms with Gasteiger partial charge in [0.25, 0.3) is 0 Å². The van der Waals surface area contributed by atoms with E-state index in [9.17, 15) is 0 Å². The zero-order chi connectivity index (χ0) is 27.4. The average molecular weight is 543 g/mol. The zero-order valence-corrected chi connectivity index (χ0v) is 22.7. The summed E-state index contributed by atoms with van der Waals surface area (Å²) in [6.07, 6.45) is 3.24. The maximum absolute atomic E-state index is 5.99. The van der Waals surface area contributed by atoms with Gasteiger partial charge in [0.15, 0.2) is 11.5 Å². The van der Waals surface area contributed by atoms with Crippen LogP contribution in [-0.4, -0.2) is 55.9 Å². The molecule has 4 heterocycles. The standard InChI is InChI=1S/C33H30N6O2/c1-2-8-25(9-3-1)32-35-36-33(41-32)27-11-6-10-26(23-27)29-12-7-13-31-34-30(37-39(29)31)22-24-14-16-28(17-15-24)40-21-20-38-18-4-5-19-38/h1-3,6-17,23H,4-5,18-22H2.